The average Bonchev–Trinajstić information content (AvgIpc) is 2.87. The monoisotopic (exact) mass is 564 g/mol. The predicted molar refractivity (Wildman–Crippen MR) is 146 cm³/mol. The SMILES string of the molecule is CC(C)COC(=O)[C@H](Cc1ccc(Cl)cc1)NC(=O)C(=O)N[C@@H](Cc1ccc(Cl)cc1)C(=O)OCC(C)C. The van der Waals surface area contributed by atoms with Crippen molar-refractivity contribution in [2.75, 3.05) is 13.2 Å². The van der Waals surface area contributed by atoms with Crippen molar-refractivity contribution in [2.24, 2.45) is 11.8 Å². The van der Waals surface area contributed by atoms with Crippen molar-refractivity contribution in [2.45, 2.75) is 52.6 Å². The average molecular weight is 565 g/mol. The van der Waals surface area contributed by atoms with Gasteiger partial charge in [0.1, 0.15) is 12.1 Å². The van der Waals surface area contributed by atoms with Crippen LogP contribution >= 0.6 is 23.2 Å². The molecule has 0 aliphatic carbocycles. The van der Waals surface area contributed by atoms with E-state index in [9.17, 15) is 19.2 Å². The van der Waals surface area contributed by atoms with Gasteiger partial charge in [-0.25, -0.2) is 9.59 Å². The van der Waals surface area contributed by atoms with Crippen LogP contribution in [0.1, 0.15) is 38.8 Å². The molecule has 0 radical (unpaired) electrons. The summed E-state index contributed by atoms with van der Waals surface area (Å²) in [5.74, 6) is -3.35. The van der Waals surface area contributed by atoms with Gasteiger partial charge in [-0.05, 0) is 47.2 Å². The second-order valence-electron chi connectivity index (χ2n) is 9.76. The molecule has 0 saturated heterocycles. The van der Waals surface area contributed by atoms with Crippen LogP contribution in [0.5, 0.6) is 0 Å². The summed E-state index contributed by atoms with van der Waals surface area (Å²) in [6, 6.07) is 11.2. The number of rotatable bonds is 12. The Morgan fingerprint density at radius 1 is 0.632 bits per heavy atom. The van der Waals surface area contributed by atoms with Gasteiger partial charge in [0.25, 0.3) is 0 Å². The molecule has 0 spiro atoms. The molecular formula is C28H34Cl2N2O6. The smallest absolute Gasteiger partial charge is 0.329 e. The van der Waals surface area contributed by atoms with Crippen molar-refractivity contribution in [3.05, 3.63) is 69.7 Å². The number of benzene rings is 2. The maximum atomic E-state index is 12.8. The molecule has 2 rings (SSSR count). The van der Waals surface area contributed by atoms with Crippen molar-refractivity contribution < 1.29 is 28.7 Å². The molecule has 2 aromatic rings. The summed E-state index contributed by atoms with van der Waals surface area (Å²) in [5.41, 5.74) is 1.42. The van der Waals surface area contributed by atoms with Crippen molar-refractivity contribution in [3.8, 4) is 0 Å². The summed E-state index contributed by atoms with van der Waals surface area (Å²) in [6.45, 7) is 7.84. The van der Waals surface area contributed by atoms with Crippen molar-refractivity contribution in [3.63, 3.8) is 0 Å². The van der Waals surface area contributed by atoms with Crippen LogP contribution in [0.15, 0.2) is 48.5 Å². The Hall–Kier alpha value is -3.10. The number of halogens is 2. The van der Waals surface area contributed by atoms with Gasteiger partial charge in [0, 0.05) is 22.9 Å². The number of carbonyl (C=O) groups is 4. The first-order valence-electron chi connectivity index (χ1n) is 12.4. The van der Waals surface area contributed by atoms with E-state index in [-0.39, 0.29) is 37.9 Å². The van der Waals surface area contributed by atoms with Crippen LogP contribution in [-0.4, -0.2) is 49.1 Å². The first kappa shape index (κ1) is 31.1. The van der Waals surface area contributed by atoms with Crippen LogP contribution in [0, 0.1) is 11.8 Å². The third-order valence-electron chi connectivity index (χ3n) is 5.21. The highest BCUT2D eigenvalue weighted by molar-refractivity contribution is 6.35. The van der Waals surface area contributed by atoms with E-state index in [1.807, 2.05) is 27.7 Å². The van der Waals surface area contributed by atoms with Crippen LogP contribution in [0.3, 0.4) is 0 Å². The second-order valence-corrected chi connectivity index (χ2v) is 10.6. The summed E-state index contributed by atoms with van der Waals surface area (Å²) >= 11 is 11.9. The van der Waals surface area contributed by atoms with E-state index < -0.39 is 35.8 Å². The van der Waals surface area contributed by atoms with Gasteiger partial charge in [-0.15, -0.1) is 0 Å². The van der Waals surface area contributed by atoms with Gasteiger partial charge in [-0.1, -0.05) is 75.2 Å². The summed E-state index contributed by atoms with van der Waals surface area (Å²) in [7, 11) is 0. The molecule has 0 aromatic heterocycles. The highest BCUT2D eigenvalue weighted by Crippen LogP contribution is 2.13. The van der Waals surface area contributed by atoms with Crippen LogP contribution in [0.25, 0.3) is 0 Å². The first-order valence-corrected chi connectivity index (χ1v) is 13.1. The summed E-state index contributed by atoms with van der Waals surface area (Å²) in [6.07, 6.45) is 0.162. The molecule has 0 bridgehead atoms. The molecule has 0 aliphatic rings. The minimum Gasteiger partial charge on any atom is -0.464 e. The molecular weight excluding hydrogens is 531 g/mol. The molecule has 2 amide bonds. The summed E-state index contributed by atoms with van der Waals surface area (Å²) in [4.78, 5) is 51.2. The van der Waals surface area contributed by atoms with Crippen molar-refractivity contribution in [1.82, 2.24) is 10.6 Å². The Morgan fingerprint density at radius 3 is 1.24 bits per heavy atom. The molecule has 0 unspecified atom stereocenters. The van der Waals surface area contributed by atoms with Gasteiger partial charge < -0.3 is 20.1 Å². The molecule has 0 heterocycles. The van der Waals surface area contributed by atoms with E-state index >= 15 is 0 Å². The molecule has 38 heavy (non-hydrogen) atoms. The van der Waals surface area contributed by atoms with E-state index in [1.165, 1.54) is 0 Å². The van der Waals surface area contributed by atoms with E-state index in [1.54, 1.807) is 48.5 Å². The fourth-order valence-corrected chi connectivity index (χ4v) is 3.50. The summed E-state index contributed by atoms with van der Waals surface area (Å²) in [5, 5.41) is 5.92. The zero-order valence-electron chi connectivity index (χ0n) is 22.0. The number of amides is 2. The molecule has 8 nitrogen and oxygen atoms in total. The van der Waals surface area contributed by atoms with Crippen LogP contribution in [0.4, 0.5) is 0 Å². The molecule has 10 heteroatoms. The van der Waals surface area contributed by atoms with E-state index in [0.29, 0.717) is 21.2 Å². The number of carbonyl (C=O) groups excluding carboxylic acids is 4. The quantitative estimate of drug-likeness (QED) is 0.296. The van der Waals surface area contributed by atoms with Crippen molar-refractivity contribution >= 4 is 47.0 Å². The molecule has 2 aromatic carbocycles. The van der Waals surface area contributed by atoms with Crippen LogP contribution in [0.2, 0.25) is 10.0 Å². The van der Waals surface area contributed by atoms with Gasteiger partial charge in [0.2, 0.25) is 0 Å². The normalized spacial score (nSPS) is 12.5. The molecule has 0 fully saturated rings. The zero-order chi connectivity index (χ0) is 28.2. The minimum absolute atomic E-state index is 0.0811. The van der Waals surface area contributed by atoms with Crippen LogP contribution in [-0.2, 0) is 41.5 Å². The first-order chi connectivity index (χ1) is 17.9. The molecule has 206 valence electrons. The lowest BCUT2D eigenvalue weighted by molar-refractivity contribution is -0.152. The zero-order valence-corrected chi connectivity index (χ0v) is 23.5. The van der Waals surface area contributed by atoms with Gasteiger partial charge in [0.05, 0.1) is 13.2 Å². The number of hydrogen-bond donors (Lipinski definition) is 2. The van der Waals surface area contributed by atoms with Gasteiger partial charge >= 0.3 is 23.8 Å². The Kier molecular flexibility index (Phi) is 12.6. The minimum atomic E-state index is -1.13. The maximum absolute atomic E-state index is 12.8. The molecule has 2 N–H and O–H groups in total. The summed E-state index contributed by atoms with van der Waals surface area (Å²) < 4.78 is 10.6. The van der Waals surface area contributed by atoms with E-state index in [4.69, 9.17) is 32.7 Å². The van der Waals surface area contributed by atoms with E-state index in [2.05, 4.69) is 10.6 Å². The number of esters is 2. The Morgan fingerprint density at radius 2 is 0.947 bits per heavy atom. The molecule has 0 aliphatic heterocycles. The number of ether oxygens (including phenoxy) is 2. The Labute approximate surface area is 233 Å². The number of hydrogen-bond acceptors (Lipinski definition) is 6. The highest BCUT2D eigenvalue weighted by atomic mass is 35.5. The maximum Gasteiger partial charge on any atom is 0.329 e. The fourth-order valence-electron chi connectivity index (χ4n) is 3.25. The lowest BCUT2D eigenvalue weighted by Gasteiger charge is -2.21. The second kappa shape index (κ2) is 15.3. The topological polar surface area (TPSA) is 111 Å². The van der Waals surface area contributed by atoms with Gasteiger partial charge in [0.15, 0.2) is 0 Å². The highest BCUT2D eigenvalue weighted by Gasteiger charge is 2.30. The Bertz CT molecular complexity index is 1000. The lowest BCUT2D eigenvalue weighted by atomic mass is 10.1. The third kappa shape index (κ3) is 11.1. The van der Waals surface area contributed by atoms with Gasteiger partial charge in [-0.3, -0.25) is 9.59 Å². The standard InChI is InChI=1S/C28H34Cl2N2O6/c1-17(2)15-37-27(35)23(13-19-5-9-21(29)10-6-19)31-25(33)26(34)32-24(28(36)38-16-18(3)4)14-20-7-11-22(30)12-8-20/h5-12,17-18,23-24H,13-16H2,1-4H3,(H,31,33)(H,32,34)/t23-,24-/m0/s1. The molecule has 0 saturated carbocycles. The van der Waals surface area contributed by atoms with E-state index in [0.717, 1.165) is 0 Å². The van der Waals surface area contributed by atoms with Gasteiger partial charge in [-0.2, -0.15) is 0 Å². The lowest BCUT2D eigenvalue weighted by Crippen LogP contribution is -2.53. The third-order valence-corrected chi connectivity index (χ3v) is 5.71. The largest absolute Gasteiger partial charge is 0.464 e. The molecule has 2 atom stereocenters. The predicted octanol–water partition coefficient (Wildman–Crippen LogP) is 4.15. The Balaban J connectivity index is 2.15. The fraction of sp³-hybridized carbons (Fsp3) is 0.429. The number of nitrogens with one attached hydrogen (secondary N) is 2. The van der Waals surface area contributed by atoms with Crippen molar-refractivity contribution in [1.29, 1.82) is 0 Å². The van der Waals surface area contributed by atoms with Crippen LogP contribution < -0.4 is 10.6 Å².